The van der Waals surface area contributed by atoms with Gasteiger partial charge in [0.15, 0.2) is 0 Å². The van der Waals surface area contributed by atoms with Crippen molar-refractivity contribution in [1.29, 1.82) is 0 Å². The summed E-state index contributed by atoms with van der Waals surface area (Å²) in [6, 6.07) is 7.69. The van der Waals surface area contributed by atoms with Crippen molar-refractivity contribution >= 4 is 17.5 Å². The molecule has 1 aromatic rings. The van der Waals surface area contributed by atoms with E-state index < -0.39 is 5.41 Å². The summed E-state index contributed by atoms with van der Waals surface area (Å²) in [5, 5.41) is 0. The van der Waals surface area contributed by atoms with Gasteiger partial charge in [-0.05, 0) is 31.5 Å². The Morgan fingerprint density at radius 1 is 1.33 bits per heavy atom. The predicted octanol–water partition coefficient (Wildman–Crippen LogP) is 2.92. The van der Waals surface area contributed by atoms with E-state index in [0.717, 1.165) is 11.3 Å². The van der Waals surface area contributed by atoms with Gasteiger partial charge in [-0.3, -0.25) is 4.79 Å². The number of halogens is 1. The van der Waals surface area contributed by atoms with Crippen molar-refractivity contribution in [1.82, 2.24) is 4.90 Å². The average Bonchev–Trinajstić information content (AvgIpc) is 2.38. The number of methoxy groups -OCH3 is 1. The molecule has 0 aromatic heterocycles. The van der Waals surface area contributed by atoms with E-state index >= 15 is 0 Å². The first-order valence-electron chi connectivity index (χ1n) is 5.85. The van der Waals surface area contributed by atoms with Crippen LogP contribution in [0.3, 0.4) is 0 Å². The maximum absolute atomic E-state index is 12.1. The van der Waals surface area contributed by atoms with Gasteiger partial charge in [0, 0.05) is 19.5 Å². The molecule has 0 aliphatic rings. The zero-order valence-electron chi connectivity index (χ0n) is 11.4. The highest BCUT2D eigenvalue weighted by atomic mass is 35.5. The predicted molar refractivity (Wildman–Crippen MR) is 74.0 cm³/mol. The standard InChI is InChI=1S/C14H20ClNO2/c1-14(2,10-15)13(17)16(3)9-11-5-7-12(18-4)8-6-11/h5-8H,9-10H2,1-4H3. The molecule has 1 rings (SSSR count). The molecule has 1 amide bonds. The van der Waals surface area contributed by atoms with Crippen molar-refractivity contribution in [2.24, 2.45) is 5.41 Å². The third kappa shape index (κ3) is 3.64. The highest BCUT2D eigenvalue weighted by Gasteiger charge is 2.29. The van der Waals surface area contributed by atoms with E-state index in [1.807, 2.05) is 38.1 Å². The minimum Gasteiger partial charge on any atom is -0.497 e. The van der Waals surface area contributed by atoms with Crippen LogP contribution in [0.25, 0.3) is 0 Å². The largest absolute Gasteiger partial charge is 0.497 e. The Labute approximate surface area is 114 Å². The van der Waals surface area contributed by atoms with Crippen LogP contribution in [0.5, 0.6) is 5.75 Å². The fraction of sp³-hybridized carbons (Fsp3) is 0.500. The summed E-state index contributed by atoms with van der Waals surface area (Å²) in [5.41, 5.74) is 0.542. The molecule has 1 aromatic carbocycles. The number of hydrogen-bond donors (Lipinski definition) is 0. The van der Waals surface area contributed by atoms with Gasteiger partial charge in [0.05, 0.1) is 12.5 Å². The van der Waals surface area contributed by atoms with Crippen LogP contribution in [0.2, 0.25) is 0 Å². The van der Waals surface area contributed by atoms with Crippen molar-refractivity contribution in [2.75, 3.05) is 20.0 Å². The van der Waals surface area contributed by atoms with Crippen LogP contribution >= 0.6 is 11.6 Å². The lowest BCUT2D eigenvalue weighted by Gasteiger charge is -2.27. The summed E-state index contributed by atoms with van der Waals surface area (Å²) < 4.78 is 5.10. The van der Waals surface area contributed by atoms with Gasteiger partial charge in [0.1, 0.15) is 5.75 Å². The van der Waals surface area contributed by atoms with E-state index in [1.165, 1.54) is 0 Å². The molecule has 0 N–H and O–H groups in total. The lowest BCUT2D eigenvalue weighted by Crippen LogP contribution is -2.39. The summed E-state index contributed by atoms with van der Waals surface area (Å²) in [4.78, 5) is 13.8. The zero-order valence-corrected chi connectivity index (χ0v) is 12.1. The van der Waals surface area contributed by atoms with Gasteiger partial charge < -0.3 is 9.64 Å². The summed E-state index contributed by atoms with van der Waals surface area (Å²) in [6.07, 6.45) is 0. The van der Waals surface area contributed by atoms with Gasteiger partial charge in [-0.1, -0.05) is 12.1 Å². The summed E-state index contributed by atoms with van der Waals surface area (Å²) in [6.45, 7) is 4.28. The molecule has 18 heavy (non-hydrogen) atoms. The molecule has 0 atom stereocenters. The van der Waals surface area contributed by atoms with Gasteiger partial charge in [0.25, 0.3) is 0 Å². The summed E-state index contributed by atoms with van der Waals surface area (Å²) in [7, 11) is 3.43. The van der Waals surface area contributed by atoms with Crippen LogP contribution < -0.4 is 4.74 Å². The van der Waals surface area contributed by atoms with Crippen molar-refractivity contribution in [2.45, 2.75) is 20.4 Å². The molecule has 0 unspecified atom stereocenters. The number of alkyl halides is 1. The lowest BCUT2D eigenvalue weighted by molar-refractivity contribution is -0.138. The van der Waals surface area contributed by atoms with E-state index in [4.69, 9.17) is 16.3 Å². The third-order valence-corrected chi connectivity index (χ3v) is 3.51. The van der Waals surface area contributed by atoms with E-state index in [9.17, 15) is 4.79 Å². The minimum absolute atomic E-state index is 0.0494. The molecule has 100 valence electrons. The molecule has 4 heteroatoms. The van der Waals surface area contributed by atoms with Gasteiger partial charge in [-0.2, -0.15) is 0 Å². The highest BCUT2D eigenvalue weighted by molar-refractivity contribution is 6.19. The third-order valence-electron chi connectivity index (χ3n) is 2.84. The van der Waals surface area contributed by atoms with Crippen LogP contribution in [-0.2, 0) is 11.3 Å². The number of hydrogen-bond acceptors (Lipinski definition) is 2. The first-order chi connectivity index (χ1) is 8.40. The van der Waals surface area contributed by atoms with Crippen LogP contribution in [0.1, 0.15) is 19.4 Å². The minimum atomic E-state index is -0.525. The van der Waals surface area contributed by atoms with Crippen molar-refractivity contribution in [3.63, 3.8) is 0 Å². The van der Waals surface area contributed by atoms with Crippen LogP contribution in [0.4, 0.5) is 0 Å². The Hall–Kier alpha value is -1.22. The van der Waals surface area contributed by atoms with E-state index in [1.54, 1.807) is 19.1 Å². The molecule has 3 nitrogen and oxygen atoms in total. The molecular weight excluding hydrogens is 250 g/mol. The maximum Gasteiger partial charge on any atom is 0.229 e. The number of rotatable bonds is 5. The molecule has 0 heterocycles. The molecule has 0 saturated carbocycles. The Kier molecular flexibility index (Phi) is 5.03. The Balaban J connectivity index is 2.69. The Morgan fingerprint density at radius 2 is 1.89 bits per heavy atom. The van der Waals surface area contributed by atoms with E-state index in [-0.39, 0.29) is 5.91 Å². The topological polar surface area (TPSA) is 29.5 Å². The van der Waals surface area contributed by atoms with Crippen molar-refractivity contribution < 1.29 is 9.53 Å². The molecule has 0 aliphatic carbocycles. The molecule has 0 radical (unpaired) electrons. The summed E-state index contributed by atoms with van der Waals surface area (Å²) >= 11 is 5.81. The normalized spacial score (nSPS) is 11.2. The number of nitrogens with zero attached hydrogens (tertiary/aromatic N) is 1. The number of carbonyl (C=O) groups excluding carboxylic acids is 1. The second kappa shape index (κ2) is 6.10. The molecule has 0 bridgehead atoms. The monoisotopic (exact) mass is 269 g/mol. The average molecular weight is 270 g/mol. The number of carbonyl (C=O) groups is 1. The molecule has 0 spiro atoms. The number of amides is 1. The molecular formula is C14H20ClNO2. The summed E-state index contributed by atoms with van der Waals surface area (Å²) in [5.74, 6) is 1.18. The van der Waals surface area contributed by atoms with E-state index in [2.05, 4.69) is 0 Å². The van der Waals surface area contributed by atoms with E-state index in [0.29, 0.717) is 12.4 Å². The first-order valence-corrected chi connectivity index (χ1v) is 6.38. The quantitative estimate of drug-likeness (QED) is 0.769. The van der Waals surface area contributed by atoms with Crippen LogP contribution in [0, 0.1) is 5.41 Å². The zero-order chi connectivity index (χ0) is 13.8. The fourth-order valence-electron chi connectivity index (χ4n) is 1.65. The van der Waals surface area contributed by atoms with Crippen LogP contribution in [-0.4, -0.2) is 30.8 Å². The van der Waals surface area contributed by atoms with Crippen molar-refractivity contribution in [3.05, 3.63) is 29.8 Å². The van der Waals surface area contributed by atoms with Gasteiger partial charge >= 0.3 is 0 Å². The fourth-order valence-corrected chi connectivity index (χ4v) is 1.76. The molecule has 0 aliphatic heterocycles. The first kappa shape index (κ1) is 14.8. The number of benzene rings is 1. The van der Waals surface area contributed by atoms with Gasteiger partial charge in [-0.25, -0.2) is 0 Å². The highest BCUT2D eigenvalue weighted by Crippen LogP contribution is 2.21. The maximum atomic E-state index is 12.1. The SMILES string of the molecule is COc1ccc(CN(C)C(=O)C(C)(C)CCl)cc1. The molecule has 0 saturated heterocycles. The second-order valence-electron chi connectivity index (χ2n) is 5.03. The van der Waals surface area contributed by atoms with Gasteiger partial charge in [0.2, 0.25) is 5.91 Å². The number of ether oxygens (including phenoxy) is 1. The molecule has 0 fully saturated rings. The van der Waals surface area contributed by atoms with Crippen LogP contribution in [0.15, 0.2) is 24.3 Å². The second-order valence-corrected chi connectivity index (χ2v) is 5.29. The van der Waals surface area contributed by atoms with Crippen molar-refractivity contribution in [3.8, 4) is 5.75 Å². The Morgan fingerprint density at radius 3 is 2.33 bits per heavy atom. The smallest absolute Gasteiger partial charge is 0.229 e. The Bertz CT molecular complexity index is 401. The van der Waals surface area contributed by atoms with Gasteiger partial charge in [-0.15, -0.1) is 11.6 Å². The lowest BCUT2D eigenvalue weighted by atomic mass is 9.94.